The van der Waals surface area contributed by atoms with E-state index in [2.05, 4.69) is 51.1 Å². The van der Waals surface area contributed by atoms with Crippen LogP contribution in [0.3, 0.4) is 0 Å². The van der Waals surface area contributed by atoms with Crippen LogP contribution in [0.25, 0.3) is 11.4 Å². The van der Waals surface area contributed by atoms with E-state index in [9.17, 15) is 0 Å². The zero-order valence-electron chi connectivity index (χ0n) is 10.8. The molecule has 0 radical (unpaired) electrons. The van der Waals surface area contributed by atoms with E-state index in [1.165, 1.54) is 5.56 Å². The molecule has 0 spiro atoms. The zero-order valence-corrected chi connectivity index (χ0v) is 12.4. The number of hydrogen-bond acceptors (Lipinski definition) is 3. The number of nitrogens with zero attached hydrogens (tertiary/aromatic N) is 2. The van der Waals surface area contributed by atoms with Crippen LogP contribution in [0.1, 0.15) is 18.2 Å². The van der Waals surface area contributed by atoms with Crippen molar-refractivity contribution in [1.82, 2.24) is 9.97 Å². The van der Waals surface area contributed by atoms with Crippen LogP contribution in [-0.4, -0.2) is 17.0 Å². The second-order valence-corrected chi connectivity index (χ2v) is 4.99. The fourth-order valence-electron chi connectivity index (χ4n) is 1.72. The average molecular weight is 306 g/mol. The predicted molar refractivity (Wildman–Crippen MR) is 78.8 cm³/mol. The SMILES string of the molecule is CCc1cc(NC)nc(-c2ccc(Br)c(C)c2)n1. The molecule has 0 unspecified atom stereocenters. The summed E-state index contributed by atoms with van der Waals surface area (Å²) in [5, 5.41) is 3.08. The summed E-state index contributed by atoms with van der Waals surface area (Å²) < 4.78 is 1.10. The van der Waals surface area contributed by atoms with Gasteiger partial charge in [-0.2, -0.15) is 0 Å². The highest BCUT2D eigenvalue weighted by atomic mass is 79.9. The van der Waals surface area contributed by atoms with Crippen molar-refractivity contribution in [2.45, 2.75) is 20.3 Å². The summed E-state index contributed by atoms with van der Waals surface area (Å²) in [6.07, 6.45) is 0.902. The Kier molecular flexibility index (Phi) is 3.97. The first-order valence-electron chi connectivity index (χ1n) is 5.96. The van der Waals surface area contributed by atoms with E-state index in [4.69, 9.17) is 0 Å². The van der Waals surface area contributed by atoms with Crippen LogP contribution in [-0.2, 0) is 6.42 Å². The summed E-state index contributed by atoms with van der Waals surface area (Å²) in [6.45, 7) is 4.16. The van der Waals surface area contributed by atoms with Crippen molar-refractivity contribution in [3.05, 3.63) is 40.0 Å². The lowest BCUT2D eigenvalue weighted by atomic mass is 10.1. The van der Waals surface area contributed by atoms with Crippen LogP contribution in [0, 0.1) is 6.92 Å². The summed E-state index contributed by atoms with van der Waals surface area (Å²) in [4.78, 5) is 9.08. The first-order chi connectivity index (χ1) is 8.63. The molecule has 0 bridgehead atoms. The molecule has 4 heteroatoms. The molecule has 0 aliphatic heterocycles. The Morgan fingerprint density at radius 1 is 1.22 bits per heavy atom. The maximum Gasteiger partial charge on any atom is 0.161 e. The van der Waals surface area contributed by atoms with Crippen molar-refractivity contribution in [3.63, 3.8) is 0 Å². The van der Waals surface area contributed by atoms with Gasteiger partial charge in [-0.15, -0.1) is 0 Å². The molecule has 0 atom stereocenters. The monoisotopic (exact) mass is 305 g/mol. The predicted octanol–water partition coefficient (Wildman–Crippen LogP) is 3.82. The number of hydrogen-bond donors (Lipinski definition) is 1. The molecule has 0 aliphatic carbocycles. The van der Waals surface area contributed by atoms with Gasteiger partial charge in [0.1, 0.15) is 5.82 Å². The zero-order chi connectivity index (χ0) is 13.1. The molecule has 0 saturated heterocycles. The lowest BCUT2D eigenvalue weighted by Gasteiger charge is -2.08. The van der Waals surface area contributed by atoms with Gasteiger partial charge >= 0.3 is 0 Å². The summed E-state index contributed by atoms with van der Waals surface area (Å²) in [7, 11) is 1.87. The van der Waals surface area contributed by atoms with Crippen LogP contribution in [0.15, 0.2) is 28.7 Å². The molecule has 3 nitrogen and oxygen atoms in total. The highest BCUT2D eigenvalue weighted by molar-refractivity contribution is 9.10. The molecule has 1 heterocycles. The van der Waals surface area contributed by atoms with E-state index >= 15 is 0 Å². The average Bonchev–Trinajstić information content (AvgIpc) is 2.41. The minimum absolute atomic E-state index is 0.773. The number of aromatic nitrogens is 2. The van der Waals surface area contributed by atoms with Gasteiger partial charge in [0.2, 0.25) is 0 Å². The van der Waals surface area contributed by atoms with E-state index in [1.807, 2.05) is 25.2 Å². The first kappa shape index (κ1) is 13.0. The third kappa shape index (κ3) is 2.70. The van der Waals surface area contributed by atoms with E-state index in [0.29, 0.717) is 0 Å². The van der Waals surface area contributed by atoms with E-state index in [1.54, 1.807) is 0 Å². The second kappa shape index (κ2) is 5.48. The fourth-order valence-corrected chi connectivity index (χ4v) is 1.97. The van der Waals surface area contributed by atoms with Crippen molar-refractivity contribution in [2.24, 2.45) is 0 Å². The number of halogens is 1. The van der Waals surface area contributed by atoms with Gasteiger partial charge < -0.3 is 5.32 Å². The molecule has 1 N–H and O–H groups in total. The van der Waals surface area contributed by atoms with Gasteiger partial charge in [0, 0.05) is 28.8 Å². The highest BCUT2D eigenvalue weighted by Gasteiger charge is 2.06. The highest BCUT2D eigenvalue weighted by Crippen LogP contribution is 2.24. The maximum atomic E-state index is 4.57. The minimum Gasteiger partial charge on any atom is -0.373 e. The van der Waals surface area contributed by atoms with Crippen LogP contribution in [0.5, 0.6) is 0 Å². The summed E-state index contributed by atoms with van der Waals surface area (Å²) in [5.74, 6) is 1.63. The van der Waals surface area contributed by atoms with Gasteiger partial charge in [0.15, 0.2) is 5.82 Å². The molecule has 1 aromatic carbocycles. The number of rotatable bonds is 3. The van der Waals surface area contributed by atoms with Gasteiger partial charge in [-0.1, -0.05) is 28.9 Å². The van der Waals surface area contributed by atoms with Crippen LogP contribution in [0.4, 0.5) is 5.82 Å². The van der Waals surface area contributed by atoms with Crippen molar-refractivity contribution in [1.29, 1.82) is 0 Å². The lowest BCUT2D eigenvalue weighted by molar-refractivity contribution is 1.01. The minimum atomic E-state index is 0.773. The lowest BCUT2D eigenvalue weighted by Crippen LogP contribution is -2.00. The fraction of sp³-hybridized carbons (Fsp3) is 0.286. The van der Waals surface area contributed by atoms with Gasteiger partial charge in [0.25, 0.3) is 0 Å². The maximum absolute atomic E-state index is 4.57. The van der Waals surface area contributed by atoms with Crippen molar-refractivity contribution in [2.75, 3.05) is 12.4 Å². The number of aryl methyl sites for hydroxylation is 2. The molecule has 94 valence electrons. The molecule has 18 heavy (non-hydrogen) atoms. The Balaban J connectivity index is 2.51. The van der Waals surface area contributed by atoms with Crippen molar-refractivity contribution in [3.8, 4) is 11.4 Å². The second-order valence-electron chi connectivity index (χ2n) is 4.14. The Labute approximate surface area is 116 Å². The number of nitrogens with one attached hydrogen (secondary N) is 1. The van der Waals surface area contributed by atoms with Gasteiger partial charge in [0.05, 0.1) is 0 Å². The molecule has 0 fully saturated rings. The number of benzene rings is 1. The van der Waals surface area contributed by atoms with Crippen LogP contribution >= 0.6 is 15.9 Å². The van der Waals surface area contributed by atoms with E-state index in [0.717, 1.165) is 33.8 Å². The van der Waals surface area contributed by atoms with Crippen LogP contribution in [0.2, 0.25) is 0 Å². The standard InChI is InChI=1S/C14H16BrN3/c1-4-11-8-13(16-3)18-14(17-11)10-5-6-12(15)9(2)7-10/h5-8H,4H2,1-3H3,(H,16,17,18). The molecule has 2 aromatic rings. The molecule has 1 aromatic heterocycles. The molecular formula is C14H16BrN3. The normalized spacial score (nSPS) is 10.4. The summed E-state index contributed by atoms with van der Waals surface area (Å²) >= 11 is 3.51. The molecule has 0 aliphatic rings. The Morgan fingerprint density at radius 2 is 2.00 bits per heavy atom. The Bertz CT molecular complexity index is 545. The quantitative estimate of drug-likeness (QED) is 0.937. The van der Waals surface area contributed by atoms with E-state index < -0.39 is 0 Å². The molecule has 0 amide bonds. The first-order valence-corrected chi connectivity index (χ1v) is 6.75. The Hall–Kier alpha value is -1.42. The largest absolute Gasteiger partial charge is 0.373 e. The Morgan fingerprint density at radius 3 is 2.61 bits per heavy atom. The van der Waals surface area contributed by atoms with Gasteiger partial charge in [-0.25, -0.2) is 9.97 Å². The summed E-state index contributed by atoms with van der Waals surface area (Å²) in [6, 6.07) is 8.14. The van der Waals surface area contributed by atoms with E-state index in [-0.39, 0.29) is 0 Å². The van der Waals surface area contributed by atoms with Crippen molar-refractivity contribution >= 4 is 21.7 Å². The van der Waals surface area contributed by atoms with Gasteiger partial charge in [-0.3, -0.25) is 0 Å². The van der Waals surface area contributed by atoms with Gasteiger partial charge in [-0.05, 0) is 31.0 Å². The third-order valence-corrected chi connectivity index (χ3v) is 3.70. The van der Waals surface area contributed by atoms with Crippen molar-refractivity contribution < 1.29 is 0 Å². The van der Waals surface area contributed by atoms with Crippen LogP contribution < -0.4 is 5.32 Å². The molecule has 0 saturated carbocycles. The summed E-state index contributed by atoms with van der Waals surface area (Å²) in [5.41, 5.74) is 3.27. The topological polar surface area (TPSA) is 37.8 Å². The molecular weight excluding hydrogens is 290 g/mol. The smallest absolute Gasteiger partial charge is 0.161 e. The molecule has 2 rings (SSSR count). The number of anilines is 1. The third-order valence-electron chi connectivity index (χ3n) is 2.81.